The second-order valence-corrected chi connectivity index (χ2v) is 9.30. The number of hydrogen-bond acceptors (Lipinski definition) is 6. The number of carboxylic acid groups (broad SMARTS) is 1. The smallest absolute Gasteiger partial charge is 0.417 e. The van der Waals surface area contributed by atoms with Gasteiger partial charge >= 0.3 is 12.1 Å². The molecule has 3 rings (SSSR count). The number of halogens is 3. The molecule has 1 saturated carbocycles. The number of nitrogens with one attached hydrogen (secondary N) is 2. The maximum Gasteiger partial charge on any atom is 0.417 e. The molecule has 1 aromatic carbocycles. The van der Waals surface area contributed by atoms with Gasteiger partial charge in [0.2, 0.25) is 0 Å². The van der Waals surface area contributed by atoms with Gasteiger partial charge in [-0.25, -0.2) is 9.98 Å². The van der Waals surface area contributed by atoms with Crippen LogP contribution in [-0.2, 0) is 11.0 Å². The van der Waals surface area contributed by atoms with E-state index in [1.165, 1.54) is 6.07 Å². The van der Waals surface area contributed by atoms with E-state index < -0.39 is 17.7 Å². The average molecular weight is 532 g/mol. The quantitative estimate of drug-likeness (QED) is 0.308. The minimum absolute atomic E-state index is 0.0367. The number of carbonyl (C=O) groups excluding carboxylic acids is 1. The van der Waals surface area contributed by atoms with Crippen LogP contribution in [0, 0.1) is 5.92 Å². The molecule has 1 fully saturated rings. The van der Waals surface area contributed by atoms with Gasteiger partial charge in [0.25, 0.3) is 5.91 Å². The van der Waals surface area contributed by atoms with E-state index in [0.717, 1.165) is 50.1 Å². The van der Waals surface area contributed by atoms with Crippen molar-refractivity contribution in [2.24, 2.45) is 16.6 Å². The number of aliphatic imine (C=N–C) groups is 1. The molecule has 2 aromatic rings. The molecule has 1 heterocycles. The molecule has 0 saturated heterocycles. The summed E-state index contributed by atoms with van der Waals surface area (Å²) in [6.07, 6.45) is 2.93. The number of benzene rings is 1. The molecule has 1 aromatic heterocycles. The third-order valence-electron chi connectivity index (χ3n) is 6.42. The van der Waals surface area contributed by atoms with Crippen LogP contribution in [0.4, 0.5) is 24.7 Å². The standard InChI is InChI=1S/C27H32F3N5O3/c1-17(31)22(16-34-23-12-9-20(15-33-23)27(28,29)30)25(18-5-3-2-4-6-18)35-21-10-7-19(8-11-21)26(38)32-14-13-24(36)37/h7-12,15-16,18,25,35H,2-6,13-14,31H2,1H3,(H,32,38)(H,36,37). The Morgan fingerprint density at radius 3 is 2.39 bits per heavy atom. The highest BCUT2D eigenvalue weighted by Gasteiger charge is 2.31. The molecule has 38 heavy (non-hydrogen) atoms. The van der Waals surface area contributed by atoms with E-state index in [4.69, 9.17) is 10.8 Å². The van der Waals surface area contributed by atoms with Gasteiger partial charge in [0.05, 0.1) is 18.0 Å². The number of nitrogens with zero attached hydrogens (tertiary/aromatic N) is 2. The Morgan fingerprint density at radius 2 is 1.84 bits per heavy atom. The molecule has 1 aliphatic carbocycles. The zero-order valence-corrected chi connectivity index (χ0v) is 21.1. The van der Waals surface area contributed by atoms with Crippen LogP contribution < -0.4 is 16.4 Å². The van der Waals surface area contributed by atoms with Crippen molar-refractivity contribution in [1.29, 1.82) is 0 Å². The number of hydrogen-bond donors (Lipinski definition) is 4. The van der Waals surface area contributed by atoms with Gasteiger partial charge in [0.1, 0.15) is 0 Å². The highest BCUT2D eigenvalue weighted by atomic mass is 19.4. The predicted octanol–water partition coefficient (Wildman–Crippen LogP) is 5.30. The van der Waals surface area contributed by atoms with Crippen molar-refractivity contribution in [2.45, 2.75) is 57.7 Å². The van der Waals surface area contributed by atoms with Crippen molar-refractivity contribution >= 4 is 29.6 Å². The van der Waals surface area contributed by atoms with E-state index in [0.29, 0.717) is 16.8 Å². The van der Waals surface area contributed by atoms with Gasteiger partial charge in [-0.05, 0) is 62.1 Å². The van der Waals surface area contributed by atoms with Gasteiger partial charge in [0, 0.05) is 41.5 Å². The average Bonchev–Trinajstić information content (AvgIpc) is 2.88. The van der Waals surface area contributed by atoms with Gasteiger partial charge < -0.3 is 21.5 Å². The molecular weight excluding hydrogens is 499 g/mol. The summed E-state index contributed by atoms with van der Waals surface area (Å²) in [6, 6.07) is 8.76. The number of amides is 1. The summed E-state index contributed by atoms with van der Waals surface area (Å²) in [6.45, 7) is 1.79. The predicted molar refractivity (Wildman–Crippen MR) is 139 cm³/mol. The number of carboxylic acids is 1. The second-order valence-electron chi connectivity index (χ2n) is 9.30. The van der Waals surface area contributed by atoms with Gasteiger partial charge in [-0.1, -0.05) is 19.3 Å². The van der Waals surface area contributed by atoms with Crippen molar-refractivity contribution < 1.29 is 27.9 Å². The molecule has 1 unspecified atom stereocenters. The highest BCUT2D eigenvalue weighted by molar-refractivity contribution is 5.94. The van der Waals surface area contributed by atoms with E-state index in [-0.39, 0.29) is 36.7 Å². The summed E-state index contributed by atoms with van der Waals surface area (Å²) in [5.74, 6) is -0.966. The first kappa shape index (κ1) is 28.7. The van der Waals surface area contributed by atoms with E-state index in [1.54, 1.807) is 37.4 Å². The van der Waals surface area contributed by atoms with Crippen LogP contribution in [0.1, 0.15) is 61.4 Å². The number of alkyl halides is 3. The Bertz CT molecular complexity index is 1150. The molecule has 5 N–H and O–H groups in total. The lowest BCUT2D eigenvalue weighted by Gasteiger charge is -2.33. The number of nitrogens with two attached hydrogens (primary N) is 1. The lowest BCUT2D eigenvalue weighted by Crippen LogP contribution is -2.34. The number of rotatable bonds is 10. The van der Waals surface area contributed by atoms with E-state index in [2.05, 4.69) is 20.6 Å². The number of aliphatic carboxylic acids is 1. The number of carbonyl (C=O) groups is 2. The third-order valence-corrected chi connectivity index (χ3v) is 6.42. The lowest BCUT2D eigenvalue weighted by molar-refractivity contribution is -0.138. The molecule has 0 aliphatic heterocycles. The fourth-order valence-corrected chi connectivity index (χ4v) is 4.39. The highest BCUT2D eigenvalue weighted by Crippen LogP contribution is 2.32. The summed E-state index contributed by atoms with van der Waals surface area (Å²) in [5.41, 5.74) is 7.81. The van der Waals surface area contributed by atoms with Crippen LogP contribution in [0.25, 0.3) is 0 Å². The molecule has 204 valence electrons. The maximum atomic E-state index is 12.9. The Kier molecular flexibility index (Phi) is 9.86. The Balaban J connectivity index is 1.79. The van der Waals surface area contributed by atoms with Gasteiger partial charge in [0.15, 0.2) is 5.82 Å². The van der Waals surface area contributed by atoms with Crippen LogP contribution in [0.2, 0.25) is 0 Å². The van der Waals surface area contributed by atoms with E-state index >= 15 is 0 Å². The number of aromatic nitrogens is 1. The normalized spacial score (nSPS) is 16.1. The monoisotopic (exact) mass is 531 g/mol. The maximum absolute atomic E-state index is 12.9. The summed E-state index contributed by atoms with van der Waals surface area (Å²) in [7, 11) is 0. The summed E-state index contributed by atoms with van der Waals surface area (Å²) in [5, 5.41) is 14.8. The van der Waals surface area contributed by atoms with Crippen molar-refractivity contribution in [3.8, 4) is 0 Å². The van der Waals surface area contributed by atoms with Gasteiger partial charge in [-0.2, -0.15) is 13.2 Å². The van der Waals surface area contributed by atoms with Crippen molar-refractivity contribution in [1.82, 2.24) is 10.3 Å². The van der Waals surface area contributed by atoms with Crippen LogP contribution >= 0.6 is 0 Å². The summed E-state index contributed by atoms with van der Waals surface area (Å²) >= 11 is 0. The molecule has 1 aliphatic rings. The van der Waals surface area contributed by atoms with E-state index in [9.17, 15) is 22.8 Å². The molecule has 8 nitrogen and oxygen atoms in total. The molecule has 0 bridgehead atoms. The summed E-state index contributed by atoms with van der Waals surface area (Å²) in [4.78, 5) is 31.0. The Morgan fingerprint density at radius 1 is 1.16 bits per heavy atom. The zero-order valence-electron chi connectivity index (χ0n) is 21.1. The first-order chi connectivity index (χ1) is 18.0. The molecule has 0 spiro atoms. The van der Waals surface area contributed by atoms with Crippen LogP contribution in [0.15, 0.2) is 58.9 Å². The van der Waals surface area contributed by atoms with Crippen molar-refractivity contribution in [2.75, 3.05) is 11.9 Å². The summed E-state index contributed by atoms with van der Waals surface area (Å²) < 4.78 is 38.6. The topological polar surface area (TPSA) is 130 Å². The molecule has 0 radical (unpaired) electrons. The fourth-order valence-electron chi connectivity index (χ4n) is 4.39. The molecular formula is C27H32F3N5O3. The first-order valence-corrected chi connectivity index (χ1v) is 12.4. The minimum Gasteiger partial charge on any atom is -0.481 e. The zero-order chi connectivity index (χ0) is 27.7. The van der Waals surface area contributed by atoms with Crippen molar-refractivity contribution in [3.05, 3.63) is 65.0 Å². The number of anilines is 1. The first-order valence-electron chi connectivity index (χ1n) is 12.4. The SMILES string of the molecule is CC(N)=C(C=Nc1ccc(C(F)(F)F)cn1)C(Nc1ccc(C(=O)NCCC(=O)O)cc1)C1CCCCC1. The third kappa shape index (κ3) is 8.32. The molecule has 11 heteroatoms. The van der Waals surface area contributed by atoms with Crippen LogP contribution in [-0.4, -0.2) is 40.8 Å². The number of allylic oxidation sites excluding steroid dienone is 1. The number of pyridine rings is 1. The molecule has 1 amide bonds. The Hall–Kier alpha value is -3.89. The van der Waals surface area contributed by atoms with Crippen LogP contribution in [0.5, 0.6) is 0 Å². The fraction of sp³-hybridized carbons (Fsp3) is 0.407. The van der Waals surface area contributed by atoms with Crippen LogP contribution in [0.3, 0.4) is 0 Å². The lowest BCUT2D eigenvalue weighted by atomic mass is 9.80. The van der Waals surface area contributed by atoms with E-state index in [1.807, 2.05) is 0 Å². The van der Waals surface area contributed by atoms with Gasteiger partial charge in [-0.3, -0.25) is 9.59 Å². The Labute approximate surface area is 219 Å². The largest absolute Gasteiger partial charge is 0.481 e. The minimum atomic E-state index is -4.47. The molecule has 1 atom stereocenters. The van der Waals surface area contributed by atoms with Crippen molar-refractivity contribution in [3.63, 3.8) is 0 Å². The van der Waals surface area contributed by atoms with Gasteiger partial charge in [-0.15, -0.1) is 0 Å². The second kappa shape index (κ2) is 13.1.